The van der Waals surface area contributed by atoms with Crippen molar-refractivity contribution in [2.75, 3.05) is 19.6 Å². The molecule has 8 heteroatoms. The fraction of sp³-hybridized carbons (Fsp3) is 0.833. The summed E-state index contributed by atoms with van der Waals surface area (Å²) in [6, 6.07) is -0.374. The summed E-state index contributed by atoms with van der Waals surface area (Å²) in [5.74, 6) is -0.776. The first-order valence-corrected chi connectivity index (χ1v) is 6.59. The average Bonchev–Trinajstić information content (AvgIpc) is 2.33. The van der Waals surface area contributed by atoms with Gasteiger partial charge in [-0.2, -0.15) is 13.2 Å². The number of nitrogens with zero attached hydrogens (tertiary/aromatic N) is 1. The van der Waals surface area contributed by atoms with E-state index in [-0.39, 0.29) is 31.3 Å². The molecule has 1 aliphatic rings. The maximum Gasteiger partial charge on any atom is 0.389 e. The minimum Gasteiger partial charge on any atom is -0.481 e. The van der Waals surface area contributed by atoms with Gasteiger partial charge in [-0.05, 0) is 25.2 Å². The van der Waals surface area contributed by atoms with Crippen molar-refractivity contribution in [2.45, 2.75) is 38.3 Å². The Morgan fingerprint density at radius 2 is 1.85 bits per heavy atom. The van der Waals surface area contributed by atoms with Crippen LogP contribution in [0, 0.1) is 5.92 Å². The third kappa shape index (κ3) is 6.63. The number of halogens is 3. The Bertz CT molecular complexity index is 339. The SMILES string of the molecule is O=C(O)CC1CCN(C(=O)NCCCC(F)(F)F)CC1. The van der Waals surface area contributed by atoms with E-state index >= 15 is 0 Å². The highest BCUT2D eigenvalue weighted by molar-refractivity contribution is 5.74. The third-order valence-electron chi connectivity index (χ3n) is 3.28. The summed E-state index contributed by atoms with van der Waals surface area (Å²) in [6.45, 7) is 0.888. The first-order valence-electron chi connectivity index (χ1n) is 6.59. The highest BCUT2D eigenvalue weighted by Crippen LogP contribution is 2.21. The maximum atomic E-state index is 11.9. The Hall–Kier alpha value is -1.47. The summed E-state index contributed by atoms with van der Waals surface area (Å²) < 4.78 is 35.7. The van der Waals surface area contributed by atoms with E-state index in [4.69, 9.17) is 5.11 Å². The quantitative estimate of drug-likeness (QED) is 0.764. The van der Waals surface area contributed by atoms with Gasteiger partial charge in [0.15, 0.2) is 0 Å². The van der Waals surface area contributed by atoms with Crippen LogP contribution in [-0.4, -0.2) is 47.8 Å². The number of carboxylic acid groups (broad SMARTS) is 1. The number of hydrogen-bond acceptors (Lipinski definition) is 2. The van der Waals surface area contributed by atoms with Crippen molar-refractivity contribution in [2.24, 2.45) is 5.92 Å². The van der Waals surface area contributed by atoms with Crippen LogP contribution in [-0.2, 0) is 4.79 Å². The molecule has 0 unspecified atom stereocenters. The van der Waals surface area contributed by atoms with E-state index in [2.05, 4.69) is 5.32 Å². The number of amides is 2. The van der Waals surface area contributed by atoms with Crippen LogP contribution >= 0.6 is 0 Å². The highest BCUT2D eigenvalue weighted by atomic mass is 19.4. The lowest BCUT2D eigenvalue weighted by Crippen LogP contribution is -2.45. The highest BCUT2D eigenvalue weighted by Gasteiger charge is 2.27. The van der Waals surface area contributed by atoms with Crippen LogP contribution in [0.1, 0.15) is 32.1 Å². The summed E-state index contributed by atoms with van der Waals surface area (Å²) in [4.78, 5) is 23.7. The second-order valence-corrected chi connectivity index (χ2v) is 4.98. The first kappa shape index (κ1) is 16.6. The van der Waals surface area contributed by atoms with Gasteiger partial charge in [-0.1, -0.05) is 0 Å². The molecule has 0 aliphatic carbocycles. The molecule has 2 amide bonds. The molecule has 116 valence electrons. The van der Waals surface area contributed by atoms with Crippen molar-refractivity contribution in [3.63, 3.8) is 0 Å². The van der Waals surface area contributed by atoms with Gasteiger partial charge < -0.3 is 15.3 Å². The lowest BCUT2D eigenvalue weighted by Gasteiger charge is -2.31. The largest absolute Gasteiger partial charge is 0.481 e. The van der Waals surface area contributed by atoms with E-state index in [1.165, 1.54) is 4.90 Å². The first-order chi connectivity index (χ1) is 9.28. The molecule has 5 nitrogen and oxygen atoms in total. The van der Waals surface area contributed by atoms with Crippen LogP contribution in [0.15, 0.2) is 0 Å². The maximum absolute atomic E-state index is 11.9. The van der Waals surface area contributed by atoms with E-state index in [0.29, 0.717) is 25.9 Å². The zero-order valence-corrected chi connectivity index (χ0v) is 11.1. The van der Waals surface area contributed by atoms with Gasteiger partial charge in [0.05, 0.1) is 0 Å². The fourth-order valence-electron chi connectivity index (χ4n) is 2.18. The summed E-state index contributed by atoms with van der Waals surface area (Å²) in [5.41, 5.74) is 0. The Morgan fingerprint density at radius 3 is 2.35 bits per heavy atom. The second-order valence-electron chi connectivity index (χ2n) is 4.98. The van der Waals surface area contributed by atoms with Crippen LogP contribution in [0.3, 0.4) is 0 Å². The summed E-state index contributed by atoms with van der Waals surface area (Å²) in [5, 5.41) is 11.1. The third-order valence-corrected chi connectivity index (χ3v) is 3.28. The van der Waals surface area contributed by atoms with Gasteiger partial charge in [0.1, 0.15) is 0 Å². The molecule has 20 heavy (non-hydrogen) atoms. The van der Waals surface area contributed by atoms with Crippen LogP contribution in [0.5, 0.6) is 0 Å². The summed E-state index contributed by atoms with van der Waals surface area (Å²) in [6.07, 6.45) is -3.91. The lowest BCUT2D eigenvalue weighted by molar-refractivity contribution is -0.138. The van der Waals surface area contributed by atoms with Gasteiger partial charge in [0.25, 0.3) is 0 Å². The number of piperidine rings is 1. The van der Waals surface area contributed by atoms with E-state index < -0.39 is 18.6 Å². The Morgan fingerprint density at radius 1 is 1.25 bits per heavy atom. The molecule has 0 aromatic heterocycles. The lowest BCUT2D eigenvalue weighted by atomic mass is 9.94. The molecule has 0 atom stereocenters. The zero-order chi connectivity index (χ0) is 15.2. The number of aliphatic carboxylic acids is 1. The predicted molar refractivity (Wildman–Crippen MR) is 65.2 cm³/mol. The van der Waals surface area contributed by atoms with Gasteiger partial charge in [-0.3, -0.25) is 4.79 Å². The number of urea groups is 1. The van der Waals surface area contributed by atoms with E-state index in [1.807, 2.05) is 0 Å². The topological polar surface area (TPSA) is 69.6 Å². The Kier molecular flexibility index (Phi) is 6.09. The molecule has 0 saturated carbocycles. The number of carbonyl (C=O) groups is 2. The van der Waals surface area contributed by atoms with Crippen molar-refractivity contribution >= 4 is 12.0 Å². The molecule has 1 aliphatic heterocycles. The normalized spacial score (nSPS) is 17.1. The van der Waals surface area contributed by atoms with E-state index in [1.54, 1.807) is 0 Å². The summed E-state index contributed by atoms with van der Waals surface area (Å²) >= 11 is 0. The smallest absolute Gasteiger partial charge is 0.389 e. The molecule has 1 fully saturated rings. The minimum atomic E-state index is -4.19. The van der Waals surface area contributed by atoms with E-state index in [0.717, 1.165) is 0 Å². The molecule has 1 rings (SSSR count). The van der Waals surface area contributed by atoms with Gasteiger partial charge in [0.2, 0.25) is 0 Å². The molecule has 1 saturated heterocycles. The van der Waals surface area contributed by atoms with Crippen molar-refractivity contribution in [3.8, 4) is 0 Å². The second kappa shape index (κ2) is 7.35. The van der Waals surface area contributed by atoms with Crippen molar-refractivity contribution in [1.29, 1.82) is 0 Å². The van der Waals surface area contributed by atoms with Crippen molar-refractivity contribution in [3.05, 3.63) is 0 Å². The van der Waals surface area contributed by atoms with Gasteiger partial charge in [-0.15, -0.1) is 0 Å². The predicted octanol–water partition coefficient (Wildman–Crippen LogP) is 2.23. The molecular formula is C12H19F3N2O3. The number of alkyl halides is 3. The van der Waals surface area contributed by atoms with Gasteiger partial charge in [-0.25, -0.2) is 4.79 Å². The van der Waals surface area contributed by atoms with Gasteiger partial charge >= 0.3 is 18.2 Å². The van der Waals surface area contributed by atoms with Crippen LogP contribution < -0.4 is 5.32 Å². The number of likely N-dealkylation sites (tertiary alicyclic amines) is 1. The van der Waals surface area contributed by atoms with Gasteiger partial charge in [0, 0.05) is 32.5 Å². The molecule has 0 bridgehead atoms. The Balaban J connectivity index is 2.18. The van der Waals surface area contributed by atoms with Crippen LogP contribution in [0.25, 0.3) is 0 Å². The molecule has 2 N–H and O–H groups in total. The Labute approximate surface area is 115 Å². The van der Waals surface area contributed by atoms with Crippen molar-refractivity contribution < 1.29 is 27.9 Å². The van der Waals surface area contributed by atoms with Crippen LogP contribution in [0.4, 0.5) is 18.0 Å². The van der Waals surface area contributed by atoms with E-state index in [9.17, 15) is 22.8 Å². The monoisotopic (exact) mass is 296 g/mol. The molecular weight excluding hydrogens is 277 g/mol. The average molecular weight is 296 g/mol. The number of hydrogen-bond donors (Lipinski definition) is 2. The standard InChI is InChI=1S/C12H19F3N2O3/c13-12(14,15)4-1-5-16-11(20)17-6-2-9(3-7-17)8-10(18)19/h9H,1-8H2,(H,16,20)(H,18,19). The number of carboxylic acids is 1. The molecule has 0 spiro atoms. The fourth-order valence-corrected chi connectivity index (χ4v) is 2.18. The van der Waals surface area contributed by atoms with Crippen LogP contribution in [0.2, 0.25) is 0 Å². The molecule has 0 radical (unpaired) electrons. The van der Waals surface area contributed by atoms with Crippen molar-refractivity contribution in [1.82, 2.24) is 10.2 Å². The molecule has 0 aromatic rings. The number of rotatable bonds is 5. The summed E-state index contributed by atoms with van der Waals surface area (Å²) in [7, 11) is 0. The number of carbonyl (C=O) groups excluding carboxylic acids is 1. The zero-order valence-electron chi connectivity index (χ0n) is 11.1. The number of nitrogens with one attached hydrogen (secondary N) is 1. The molecule has 1 heterocycles. The molecule has 0 aromatic carbocycles. The minimum absolute atomic E-state index is 0.00655.